The van der Waals surface area contributed by atoms with Crippen LogP contribution in [0.5, 0.6) is 0 Å². The molecule has 0 saturated heterocycles. The predicted molar refractivity (Wildman–Crippen MR) is 139 cm³/mol. The second kappa shape index (κ2) is 22.4. The highest BCUT2D eigenvalue weighted by atomic mass is 16.9. The van der Waals surface area contributed by atoms with E-state index in [0.29, 0.717) is 64.4 Å². The van der Waals surface area contributed by atoms with Crippen LogP contribution in [0.4, 0.5) is 0 Å². The lowest BCUT2D eigenvalue weighted by atomic mass is 10.1. The number of ether oxygens (including phenoxy) is 4. The van der Waals surface area contributed by atoms with Crippen molar-refractivity contribution in [3.63, 3.8) is 0 Å². The fourth-order valence-electron chi connectivity index (χ4n) is 2.63. The van der Waals surface area contributed by atoms with Crippen molar-refractivity contribution in [2.75, 3.05) is 19.8 Å². The van der Waals surface area contributed by atoms with Crippen molar-refractivity contribution >= 4 is 0 Å². The van der Waals surface area contributed by atoms with Crippen LogP contribution in [0, 0.1) is 85.6 Å². The molecule has 0 aromatic carbocycles. The highest BCUT2D eigenvalue weighted by molar-refractivity contribution is 5.08. The van der Waals surface area contributed by atoms with Crippen LogP contribution in [-0.4, -0.2) is 37.9 Å². The summed E-state index contributed by atoms with van der Waals surface area (Å²) in [4.78, 5) is 0. The molecular formula is C30H35NO4. The summed E-state index contributed by atoms with van der Waals surface area (Å²) in [5.74, 6) is 19.9. The minimum atomic E-state index is -1.75. The van der Waals surface area contributed by atoms with Gasteiger partial charge >= 0.3 is 5.97 Å². The van der Waals surface area contributed by atoms with E-state index in [-0.39, 0.29) is 13.2 Å². The van der Waals surface area contributed by atoms with Crippen LogP contribution in [0.3, 0.4) is 0 Å². The first-order valence-corrected chi connectivity index (χ1v) is 11.6. The number of terminal acetylenes is 5. The lowest BCUT2D eigenvalue weighted by Crippen LogP contribution is -2.55. The molecule has 0 rings (SSSR count). The van der Waals surface area contributed by atoms with Gasteiger partial charge in [0.2, 0.25) is 0 Å². The van der Waals surface area contributed by atoms with E-state index < -0.39 is 18.1 Å². The first-order valence-electron chi connectivity index (χ1n) is 11.6. The van der Waals surface area contributed by atoms with E-state index in [0.717, 1.165) is 6.42 Å². The summed E-state index contributed by atoms with van der Waals surface area (Å²) in [6.45, 7) is 0.521. The van der Waals surface area contributed by atoms with Gasteiger partial charge in [0, 0.05) is 38.5 Å². The second-order valence-electron chi connectivity index (χ2n) is 7.23. The molecule has 0 aromatic heterocycles. The maximum atomic E-state index is 6.39. The highest BCUT2D eigenvalue weighted by Gasteiger charge is 2.42. The topological polar surface area (TPSA) is 62.9 Å². The fourth-order valence-corrected chi connectivity index (χ4v) is 2.63. The molecule has 0 radical (unpaired) electrons. The first kappa shape index (κ1) is 31.6. The molecule has 0 aliphatic heterocycles. The molecule has 2 N–H and O–H groups in total. The second-order valence-corrected chi connectivity index (χ2v) is 7.23. The van der Waals surface area contributed by atoms with Crippen LogP contribution in [-0.2, 0) is 18.9 Å². The molecule has 0 aliphatic carbocycles. The maximum Gasteiger partial charge on any atom is 0.312 e. The summed E-state index contributed by atoms with van der Waals surface area (Å²) in [6, 6.07) is -1.04. The third-order valence-electron chi connectivity index (χ3n) is 4.40. The Kier molecular flexibility index (Phi) is 20.2. The van der Waals surface area contributed by atoms with Crippen LogP contribution in [0.1, 0.15) is 64.2 Å². The Morgan fingerprint density at radius 3 is 2.11 bits per heavy atom. The van der Waals surface area contributed by atoms with Crippen molar-refractivity contribution in [3.05, 3.63) is 0 Å². The fraction of sp³-hybridized carbons (Fsp3) is 0.533. The van der Waals surface area contributed by atoms with Crippen molar-refractivity contribution in [1.82, 2.24) is 0 Å². The average Bonchev–Trinajstić information content (AvgIpc) is 2.87. The van der Waals surface area contributed by atoms with Gasteiger partial charge in [0.05, 0.1) is 12.7 Å². The Morgan fingerprint density at radius 2 is 1.43 bits per heavy atom. The molecule has 0 saturated carbocycles. The van der Waals surface area contributed by atoms with Gasteiger partial charge in [-0.05, 0) is 31.6 Å². The zero-order valence-corrected chi connectivity index (χ0v) is 20.4. The predicted octanol–water partition coefficient (Wildman–Crippen LogP) is 3.43. The minimum absolute atomic E-state index is 0.113. The van der Waals surface area contributed by atoms with Crippen molar-refractivity contribution in [2.24, 2.45) is 5.73 Å². The van der Waals surface area contributed by atoms with Gasteiger partial charge in [-0.3, -0.25) is 0 Å². The largest absolute Gasteiger partial charge is 0.447 e. The van der Waals surface area contributed by atoms with Gasteiger partial charge in [-0.15, -0.1) is 67.6 Å². The van der Waals surface area contributed by atoms with Gasteiger partial charge in [0.15, 0.2) is 6.04 Å². The molecule has 5 heteroatoms. The molecule has 0 bridgehead atoms. The third-order valence-corrected chi connectivity index (χ3v) is 4.40. The molecule has 0 aromatic rings. The van der Waals surface area contributed by atoms with E-state index in [4.69, 9.17) is 56.8 Å². The quantitative estimate of drug-likeness (QED) is 0.199. The molecule has 0 heterocycles. The van der Waals surface area contributed by atoms with Gasteiger partial charge in [-0.1, -0.05) is 5.92 Å². The van der Waals surface area contributed by atoms with Crippen LogP contribution in [0.25, 0.3) is 0 Å². The Labute approximate surface area is 212 Å². The number of unbranched alkanes of at least 4 members (excludes halogenated alkanes) is 4. The maximum absolute atomic E-state index is 6.39. The normalized spacial score (nSPS) is 12.8. The van der Waals surface area contributed by atoms with Crippen LogP contribution in [0.15, 0.2) is 0 Å². The van der Waals surface area contributed by atoms with E-state index in [1.807, 2.05) is 0 Å². The molecular weight excluding hydrogens is 438 g/mol. The van der Waals surface area contributed by atoms with E-state index in [1.54, 1.807) is 0 Å². The lowest BCUT2D eigenvalue weighted by Gasteiger charge is -2.37. The minimum Gasteiger partial charge on any atom is -0.447 e. The number of hydrogen-bond acceptors (Lipinski definition) is 5. The summed E-state index contributed by atoms with van der Waals surface area (Å²) in [5.41, 5.74) is 6.39. The van der Waals surface area contributed by atoms with Gasteiger partial charge in [0.25, 0.3) is 0 Å². The summed E-state index contributed by atoms with van der Waals surface area (Å²) in [6.07, 6.45) is 34.7. The monoisotopic (exact) mass is 473 g/mol. The molecule has 0 aliphatic rings. The lowest BCUT2D eigenvalue weighted by molar-refractivity contribution is -0.393. The Hall–Kier alpha value is -3.44. The van der Waals surface area contributed by atoms with Crippen molar-refractivity contribution < 1.29 is 18.9 Å². The van der Waals surface area contributed by atoms with Gasteiger partial charge in [0.1, 0.15) is 19.3 Å². The Balaban J connectivity index is 5.75. The van der Waals surface area contributed by atoms with Crippen molar-refractivity contribution in [2.45, 2.75) is 82.3 Å². The molecule has 0 amide bonds. The standard InChI is InChI=1S/C30H35NO4/c1-6-11-15-17-18-22-28(21-14-9-4)35-30(33-24-10-5,34-26-20-16-12-7-2)29(31)23-27-32-25-19-13-8-3/h1-5,28-29H,11-16,19-22,24-26,31H2. The SMILES string of the molecule is C#CCCC#CCC(CCC#C)OC(OCC#C)(OCCCCC#C)C(N)C#COCCCC#C. The summed E-state index contributed by atoms with van der Waals surface area (Å²) in [5, 5.41) is 0. The van der Waals surface area contributed by atoms with Crippen molar-refractivity contribution in [3.8, 4) is 85.6 Å². The molecule has 3 atom stereocenters. The summed E-state index contributed by atoms with van der Waals surface area (Å²) in [7, 11) is 0. The number of nitrogens with two attached hydrogens (primary N) is 1. The van der Waals surface area contributed by atoms with Gasteiger partial charge < -0.3 is 24.7 Å². The zero-order chi connectivity index (χ0) is 26.0. The number of rotatable bonds is 17. The zero-order valence-electron chi connectivity index (χ0n) is 20.4. The van der Waals surface area contributed by atoms with Gasteiger partial charge in [-0.2, -0.15) is 0 Å². The summed E-state index contributed by atoms with van der Waals surface area (Å²) >= 11 is 0. The third kappa shape index (κ3) is 15.9. The van der Waals surface area contributed by atoms with Crippen LogP contribution < -0.4 is 5.73 Å². The van der Waals surface area contributed by atoms with Crippen molar-refractivity contribution in [1.29, 1.82) is 0 Å². The van der Waals surface area contributed by atoms with Crippen LogP contribution in [0.2, 0.25) is 0 Å². The molecule has 0 fully saturated rings. The molecule has 35 heavy (non-hydrogen) atoms. The smallest absolute Gasteiger partial charge is 0.312 e. The Bertz CT molecular complexity index is 913. The molecule has 0 spiro atoms. The van der Waals surface area contributed by atoms with Crippen LogP contribution >= 0.6 is 0 Å². The van der Waals surface area contributed by atoms with E-state index in [9.17, 15) is 0 Å². The average molecular weight is 474 g/mol. The van der Waals surface area contributed by atoms with Gasteiger partial charge in [-0.25, -0.2) is 0 Å². The highest BCUT2D eigenvalue weighted by Crippen LogP contribution is 2.25. The molecule has 184 valence electrons. The molecule has 5 nitrogen and oxygen atoms in total. The molecule has 3 unspecified atom stereocenters. The van der Waals surface area contributed by atoms with E-state index >= 15 is 0 Å². The number of hydrogen-bond donors (Lipinski definition) is 1. The Morgan fingerprint density at radius 1 is 0.714 bits per heavy atom. The van der Waals surface area contributed by atoms with E-state index in [2.05, 4.69) is 53.5 Å². The first-order chi connectivity index (χ1) is 17.1. The summed E-state index contributed by atoms with van der Waals surface area (Å²) < 4.78 is 23.5. The van der Waals surface area contributed by atoms with E-state index in [1.165, 1.54) is 0 Å².